The number of benzene rings is 2. The van der Waals surface area contributed by atoms with Crippen LogP contribution in [0.5, 0.6) is 5.75 Å². The second-order valence-electron chi connectivity index (χ2n) is 8.22. The quantitative estimate of drug-likeness (QED) is 0.414. The molecule has 0 aliphatic carbocycles. The van der Waals surface area contributed by atoms with Crippen molar-refractivity contribution in [2.45, 2.75) is 45.8 Å². The number of carboxylic acids is 1. The van der Waals surface area contributed by atoms with E-state index in [-0.39, 0.29) is 5.91 Å². The number of hydrogen-bond donors (Lipinski definition) is 2. The summed E-state index contributed by atoms with van der Waals surface area (Å²) in [5.41, 5.74) is 2.54. The second kappa shape index (κ2) is 10.2. The number of nitrogens with zero attached hydrogens (tertiary/aromatic N) is 2. The number of halogens is 1. The molecule has 7 nitrogen and oxygen atoms in total. The average molecular weight is 514 g/mol. The summed E-state index contributed by atoms with van der Waals surface area (Å²) in [5.74, 6) is -0.740. The molecule has 1 heterocycles. The molecule has 0 saturated carbocycles. The molecular weight excluding hydrogens is 486 g/mol. The predicted octanol–water partition coefficient (Wildman–Crippen LogP) is 5.11. The summed E-state index contributed by atoms with van der Waals surface area (Å²) in [5, 5.41) is 16.8. The van der Waals surface area contributed by atoms with E-state index in [0.717, 1.165) is 26.9 Å². The van der Waals surface area contributed by atoms with Crippen LogP contribution in [0.2, 0.25) is 0 Å². The van der Waals surface area contributed by atoms with E-state index < -0.39 is 11.6 Å². The third kappa shape index (κ3) is 5.82. The van der Waals surface area contributed by atoms with Crippen molar-refractivity contribution in [1.82, 2.24) is 15.1 Å². The highest BCUT2D eigenvalue weighted by Gasteiger charge is 2.35. The van der Waals surface area contributed by atoms with Gasteiger partial charge in [-0.15, -0.1) is 0 Å². The lowest BCUT2D eigenvalue weighted by atomic mass is 10.00. The Kier molecular flexibility index (Phi) is 7.58. The highest BCUT2D eigenvalue weighted by Crippen LogP contribution is 2.27. The number of hydrogen-bond acceptors (Lipinski definition) is 4. The Bertz CT molecular complexity index is 1170. The molecule has 0 bridgehead atoms. The van der Waals surface area contributed by atoms with Gasteiger partial charge >= 0.3 is 5.97 Å². The van der Waals surface area contributed by atoms with Gasteiger partial charge in [0.05, 0.1) is 5.69 Å². The summed E-state index contributed by atoms with van der Waals surface area (Å²) in [6, 6.07) is 15.0. The third-order valence-electron chi connectivity index (χ3n) is 5.44. The third-order valence-corrected chi connectivity index (χ3v) is 5.93. The molecule has 1 unspecified atom stereocenters. The molecule has 0 aliphatic rings. The summed E-state index contributed by atoms with van der Waals surface area (Å²) in [6.07, 6.45) is 1.11. The fraction of sp³-hybridized carbons (Fsp3) is 0.320. The van der Waals surface area contributed by atoms with Crippen molar-refractivity contribution in [2.75, 3.05) is 0 Å². The zero-order chi connectivity index (χ0) is 24.2. The molecule has 174 valence electrons. The summed E-state index contributed by atoms with van der Waals surface area (Å²) in [4.78, 5) is 24.3. The topological polar surface area (TPSA) is 93.5 Å². The van der Waals surface area contributed by atoms with Crippen molar-refractivity contribution >= 4 is 27.8 Å². The van der Waals surface area contributed by atoms with E-state index in [0.29, 0.717) is 30.8 Å². The van der Waals surface area contributed by atoms with Crippen molar-refractivity contribution in [3.8, 4) is 17.0 Å². The Balaban J connectivity index is 1.68. The van der Waals surface area contributed by atoms with Crippen molar-refractivity contribution in [3.05, 3.63) is 69.8 Å². The number of amides is 1. The fourth-order valence-corrected chi connectivity index (χ4v) is 4.03. The molecule has 0 aliphatic heterocycles. The molecule has 0 radical (unpaired) electrons. The van der Waals surface area contributed by atoms with Gasteiger partial charge in [-0.1, -0.05) is 53.5 Å². The number of carbonyl (C=O) groups excluding carboxylic acids is 1. The van der Waals surface area contributed by atoms with Gasteiger partial charge in [-0.3, -0.25) is 9.48 Å². The van der Waals surface area contributed by atoms with Gasteiger partial charge in [0.1, 0.15) is 5.75 Å². The van der Waals surface area contributed by atoms with Crippen LogP contribution in [0.3, 0.4) is 0 Å². The van der Waals surface area contributed by atoms with Crippen LogP contribution in [0.15, 0.2) is 53.0 Å². The Labute approximate surface area is 201 Å². The molecule has 3 aromatic rings. The van der Waals surface area contributed by atoms with Gasteiger partial charge in [-0.25, -0.2) is 4.79 Å². The van der Waals surface area contributed by atoms with Gasteiger partial charge < -0.3 is 15.2 Å². The maximum absolute atomic E-state index is 12.7. The molecule has 1 aromatic heterocycles. The first kappa shape index (κ1) is 24.5. The number of carboxylic acid groups (broad SMARTS) is 1. The smallest absolute Gasteiger partial charge is 0.347 e. The van der Waals surface area contributed by atoms with Crippen LogP contribution >= 0.6 is 15.9 Å². The van der Waals surface area contributed by atoms with E-state index in [1.165, 1.54) is 0 Å². The lowest BCUT2D eigenvalue weighted by Gasteiger charge is -2.27. The molecule has 1 amide bonds. The van der Waals surface area contributed by atoms with Crippen LogP contribution in [0, 0.1) is 6.92 Å². The predicted molar refractivity (Wildman–Crippen MR) is 130 cm³/mol. The monoisotopic (exact) mass is 513 g/mol. The number of rotatable bonds is 9. The van der Waals surface area contributed by atoms with E-state index in [1.54, 1.807) is 30.8 Å². The van der Waals surface area contributed by atoms with Gasteiger partial charge in [0.25, 0.3) is 5.91 Å². The van der Waals surface area contributed by atoms with Gasteiger partial charge in [0, 0.05) is 23.6 Å². The average Bonchev–Trinajstić information content (AvgIpc) is 3.15. The molecule has 0 saturated heterocycles. The van der Waals surface area contributed by atoms with E-state index in [1.807, 2.05) is 50.2 Å². The first-order valence-electron chi connectivity index (χ1n) is 10.7. The molecule has 33 heavy (non-hydrogen) atoms. The van der Waals surface area contributed by atoms with Crippen LogP contribution in [0.1, 0.15) is 48.3 Å². The summed E-state index contributed by atoms with van der Waals surface area (Å²) >= 11 is 3.46. The maximum atomic E-state index is 12.7. The van der Waals surface area contributed by atoms with Gasteiger partial charge in [0.15, 0.2) is 5.69 Å². The fourth-order valence-electron chi connectivity index (χ4n) is 3.63. The van der Waals surface area contributed by atoms with Crippen molar-refractivity contribution in [3.63, 3.8) is 0 Å². The van der Waals surface area contributed by atoms with Crippen LogP contribution in [-0.2, 0) is 18.4 Å². The normalized spacial score (nSPS) is 12.8. The molecule has 0 spiro atoms. The number of aliphatic carboxylic acids is 1. The Morgan fingerprint density at radius 3 is 2.61 bits per heavy atom. The standard InChI is InChI=1S/C25H28BrN3O4/c1-5-11-25(3,24(31)32)33-22-10-9-17(12-16(22)2)15-27-23(30)20-14-21(29(4)28-20)18-7-6-8-19(26)13-18/h6-10,12-14H,5,11,15H2,1-4H3,(H,27,30)(H,31,32). The van der Waals surface area contributed by atoms with Crippen molar-refractivity contribution in [1.29, 1.82) is 0 Å². The van der Waals surface area contributed by atoms with Gasteiger partial charge in [-0.05, 0) is 55.7 Å². The zero-order valence-electron chi connectivity index (χ0n) is 19.2. The molecule has 3 rings (SSSR count). The number of aryl methyl sites for hydroxylation is 2. The highest BCUT2D eigenvalue weighted by atomic mass is 79.9. The van der Waals surface area contributed by atoms with Gasteiger partial charge in [-0.2, -0.15) is 5.10 Å². The number of nitrogens with one attached hydrogen (secondary N) is 1. The van der Waals surface area contributed by atoms with Crippen LogP contribution < -0.4 is 10.1 Å². The van der Waals surface area contributed by atoms with E-state index in [2.05, 4.69) is 26.3 Å². The summed E-state index contributed by atoms with van der Waals surface area (Å²) in [7, 11) is 1.80. The summed E-state index contributed by atoms with van der Waals surface area (Å²) < 4.78 is 8.48. The zero-order valence-corrected chi connectivity index (χ0v) is 20.8. The maximum Gasteiger partial charge on any atom is 0.347 e. The molecular formula is C25H28BrN3O4. The number of carbonyl (C=O) groups is 2. The highest BCUT2D eigenvalue weighted by molar-refractivity contribution is 9.10. The van der Waals surface area contributed by atoms with Crippen molar-refractivity contribution < 1.29 is 19.4 Å². The van der Waals surface area contributed by atoms with Crippen LogP contribution in [-0.4, -0.2) is 32.4 Å². The number of aromatic nitrogens is 2. The van der Waals surface area contributed by atoms with Crippen LogP contribution in [0.4, 0.5) is 0 Å². The minimum atomic E-state index is -1.28. The molecule has 0 fully saturated rings. The Morgan fingerprint density at radius 1 is 1.21 bits per heavy atom. The van der Waals surface area contributed by atoms with E-state index in [9.17, 15) is 14.7 Å². The minimum Gasteiger partial charge on any atom is -0.478 e. The molecule has 1 atom stereocenters. The lowest BCUT2D eigenvalue weighted by Crippen LogP contribution is -2.41. The lowest BCUT2D eigenvalue weighted by molar-refractivity contribution is -0.154. The molecule has 2 N–H and O–H groups in total. The van der Waals surface area contributed by atoms with Crippen LogP contribution in [0.25, 0.3) is 11.3 Å². The largest absolute Gasteiger partial charge is 0.478 e. The first-order valence-corrected chi connectivity index (χ1v) is 11.5. The van der Waals surface area contributed by atoms with Crippen molar-refractivity contribution in [2.24, 2.45) is 7.05 Å². The Morgan fingerprint density at radius 2 is 1.97 bits per heavy atom. The van der Waals surface area contributed by atoms with E-state index >= 15 is 0 Å². The Hall–Kier alpha value is -3.13. The SMILES string of the molecule is CCCC(C)(Oc1ccc(CNC(=O)c2cc(-c3cccc(Br)c3)n(C)n2)cc1C)C(=O)O. The molecule has 2 aromatic carbocycles. The second-order valence-corrected chi connectivity index (χ2v) is 9.14. The first-order chi connectivity index (χ1) is 15.6. The summed E-state index contributed by atoms with van der Waals surface area (Å²) in [6.45, 7) is 5.68. The molecule has 8 heteroatoms. The van der Waals surface area contributed by atoms with E-state index in [4.69, 9.17) is 4.74 Å². The number of ether oxygens (including phenoxy) is 1. The van der Waals surface area contributed by atoms with Gasteiger partial charge in [0.2, 0.25) is 5.60 Å². The minimum absolute atomic E-state index is 0.272.